The molecule has 0 atom stereocenters. The lowest BCUT2D eigenvalue weighted by molar-refractivity contribution is 0.728. The zero-order chi connectivity index (χ0) is 8.49. The molecule has 2 nitrogen and oxygen atoms in total. The van der Waals surface area contributed by atoms with E-state index in [-0.39, 0.29) is 0 Å². The average Bonchev–Trinajstić information content (AvgIpc) is 2.24. The zero-order valence-electron chi connectivity index (χ0n) is 7.55. The summed E-state index contributed by atoms with van der Waals surface area (Å²) in [6.07, 6.45) is 12.3. The van der Waals surface area contributed by atoms with Gasteiger partial charge >= 0.3 is 0 Å². The van der Waals surface area contributed by atoms with E-state index in [1.165, 1.54) is 19.3 Å². The SMILES string of the molecule is C1=CCNCC1.C1=CNCCC1. The number of hydrogen-bond donors (Lipinski definition) is 2. The highest BCUT2D eigenvalue weighted by Crippen LogP contribution is 1.91. The molecule has 0 aliphatic carbocycles. The number of allylic oxidation sites excluding steroid dienone is 1. The van der Waals surface area contributed by atoms with E-state index in [2.05, 4.69) is 28.9 Å². The molecular formula is C10H18N2. The van der Waals surface area contributed by atoms with E-state index in [4.69, 9.17) is 0 Å². The van der Waals surface area contributed by atoms with Crippen LogP contribution in [0.1, 0.15) is 19.3 Å². The highest BCUT2D eigenvalue weighted by Gasteiger charge is 1.85. The Morgan fingerprint density at radius 1 is 0.917 bits per heavy atom. The first-order valence-corrected chi connectivity index (χ1v) is 4.74. The summed E-state index contributed by atoms with van der Waals surface area (Å²) in [5.74, 6) is 0. The second kappa shape index (κ2) is 6.92. The summed E-state index contributed by atoms with van der Waals surface area (Å²) >= 11 is 0. The highest BCUT2D eigenvalue weighted by molar-refractivity contribution is 4.88. The van der Waals surface area contributed by atoms with Gasteiger partial charge in [0.05, 0.1) is 0 Å². The third-order valence-electron chi connectivity index (χ3n) is 1.84. The lowest BCUT2D eigenvalue weighted by atomic mass is 10.2. The second-order valence-corrected chi connectivity index (χ2v) is 2.96. The maximum atomic E-state index is 3.20. The first-order valence-electron chi connectivity index (χ1n) is 4.74. The Kier molecular flexibility index (Phi) is 5.38. The third-order valence-corrected chi connectivity index (χ3v) is 1.84. The standard InChI is InChI=1S/2C5H9N/c2*1-2-4-6-5-3-1/h2,4,6H,1,3,5H2;1-2,6H,3-5H2. The van der Waals surface area contributed by atoms with Gasteiger partial charge in [-0.25, -0.2) is 0 Å². The van der Waals surface area contributed by atoms with Crippen LogP contribution in [0.4, 0.5) is 0 Å². The smallest absolute Gasteiger partial charge is 0.0144 e. The second-order valence-electron chi connectivity index (χ2n) is 2.96. The van der Waals surface area contributed by atoms with Crippen molar-refractivity contribution in [2.45, 2.75) is 19.3 Å². The van der Waals surface area contributed by atoms with Crippen LogP contribution in [-0.4, -0.2) is 19.6 Å². The van der Waals surface area contributed by atoms with Crippen LogP contribution in [0.15, 0.2) is 24.4 Å². The maximum Gasteiger partial charge on any atom is 0.0144 e. The van der Waals surface area contributed by atoms with Crippen molar-refractivity contribution in [1.82, 2.24) is 10.6 Å². The van der Waals surface area contributed by atoms with Gasteiger partial charge in [0, 0.05) is 13.1 Å². The van der Waals surface area contributed by atoms with E-state index in [0.717, 1.165) is 19.6 Å². The van der Waals surface area contributed by atoms with Crippen LogP contribution in [0.5, 0.6) is 0 Å². The molecule has 2 N–H and O–H groups in total. The Labute approximate surface area is 74.7 Å². The molecule has 2 aliphatic rings. The van der Waals surface area contributed by atoms with Gasteiger partial charge < -0.3 is 10.6 Å². The van der Waals surface area contributed by atoms with Gasteiger partial charge in [-0.2, -0.15) is 0 Å². The Bertz CT molecular complexity index is 116. The summed E-state index contributed by atoms with van der Waals surface area (Å²) in [7, 11) is 0. The molecule has 2 rings (SSSR count). The van der Waals surface area contributed by atoms with Crippen molar-refractivity contribution >= 4 is 0 Å². The van der Waals surface area contributed by atoms with E-state index in [1.54, 1.807) is 0 Å². The minimum atomic E-state index is 1.07. The normalized spacial score (nSPS) is 20.7. The predicted octanol–water partition coefficient (Wildman–Crippen LogP) is 1.42. The van der Waals surface area contributed by atoms with Gasteiger partial charge in [-0.15, -0.1) is 0 Å². The van der Waals surface area contributed by atoms with Crippen LogP contribution in [0, 0.1) is 0 Å². The molecule has 0 unspecified atom stereocenters. The number of nitrogens with one attached hydrogen (secondary N) is 2. The Morgan fingerprint density at radius 2 is 1.92 bits per heavy atom. The van der Waals surface area contributed by atoms with Crippen molar-refractivity contribution in [2.24, 2.45) is 0 Å². The number of rotatable bonds is 0. The lowest BCUT2D eigenvalue weighted by Gasteiger charge is -2.02. The van der Waals surface area contributed by atoms with Crippen molar-refractivity contribution in [3.63, 3.8) is 0 Å². The number of hydrogen-bond acceptors (Lipinski definition) is 2. The Hall–Kier alpha value is -0.760. The van der Waals surface area contributed by atoms with Crippen molar-refractivity contribution in [2.75, 3.05) is 19.6 Å². The minimum Gasteiger partial charge on any atom is -0.391 e. The molecule has 0 saturated carbocycles. The van der Waals surface area contributed by atoms with Crippen molar-refractivity contribution in [3.05, 3.63) is 24.4 Å². The topological polar surface area (TPSA) is 24.1 Å². The van der Waals surface area contributed by atoms with E-state index >= 15 is 0 Å². The minimum absolute atomic E-state index is 1.07. The molecule has 68 valence electrons. The van der Waals surface area contributed by atoms with E-state index in [9.17, 15) is 0 Å². The Morgan fingerprint density at radius 3 is 2.08 bits per heavy atom. The predicted molar refractivity (Wildman–Crippen MR) is 53.0 cm³/mol. The maximum absolute atomic E-state index is 3.20. The molecule has 0 aromatic rings. The van der Waals surface area contributed by atoms with Gasteiger partial charge in [-0.3, -0.25) is 0 Å². The summed E-state index contributed by atoms with van der Waals surface area (Å²) in [6.45, 7) is 3.40. The van der Waals surface area contributed by atoms with Gasteiger partial charge in [0.15, 0.2) is 0 Å². The fraction of sp³-hybridized carbons (Fsp3) is 0.600. The summed E-state index contributed by atoms with van der Waals surface area (Å²) < 4.78 is 0. The Balaban J connectivity index is 0.000000120. The van der Waals surface area contributed by atoms with Gasteiger partial charge in [0.25, 0.3) is 0 Å². The fourth-order valence-corrected chi connectivity index (χ4v) is 1.14. The molecule has 0 aromatic heterocycles. The molecule has 2 heterocycles. The van der Waals surface area contributed by atoms with Gasteiger partial charge in [0.2, 0.25) is 0 Å². The molecule has 2 aliphatic heterocycles. The van der Waals surface area contributed by atoms with Crippen LogP contribution in [0.25, 0.3) is 0 Å². The molecular weight excluding hydrogens is 148 g/mol. The molecule has 0 amide bonds. The largest absolute Gasteiger partial charge is 0.391 e. The van der Waals surface area contributed by atoms with Crippen LogP contribution in [0.2, 0.25) is 0 Å². The van der Waals surface area contributed by atoms with Crippen molar-refractivity contribution in [1.29, 1.82) is 0 Å². The van der Waals surface area contributed by atoms with Crippen molar-refractivity contribution in [3.8, 4) is 0 Å². The average molecular weight is 166 g/mol. The molecule has 0 saturated heterocycles. The van der Waals surface area contributed by atoms with Gasteiger partial charge in [-0.05, 0) is 32.0 Å². The molecule has 0 aromatic carbocycles. The van der Waals surface area contributed by atoms with E-state index in [0.29, 0.717) is 0 Å². The molecule has 0 fully saturated rings. The summed E-state index contributed by atoms with van der Waals surface area (Å²) in [6, 6.07) is 0. The van der Waals surface area contributed by atoms with Gasteiger partial charge in [0.1, 0.15) is 0 Å². The van der Waals surface area contributed by atoms with E-state index in [1.807, 2.05) is 6.20 Å². The van der Waals surface area contributed by atoms with Crippen LogP contribution >= 0.6 is 0 Å². The zero-order valence-corrected chi connectivity index (χ0v) is 7.55. The van der Waals surface area contributed by atoms with Crippen LogP contribution in [-0.2, 0) is 0 Å². The summed E-state index contributed by atoms with van der Waals surface area (Å²) in [5, 5.41) is 6.30. The molecule has 0 radical (unpaired) electrons. The first-order chi connectivity index (χ1) is 6.00. The van der Waals surface area contributed by atoms with Gasteiger partial charge in [-0.1, -0.05) is 18.2 Å². The molecule has 0 spiro atoms. The van der Waals surface area contributed by atoms with Crippen LogP contribution in [0.3, 0.4) is 0 Å². The first kappa shape index (κ1) is 9.33. The fourth-order valence-electron chi connectivity index (χ4n) is 1.14. The van der Waals surface area contributed by atoms with E-state index < -0.39 is 0 Å². The summed E-state index contributed by atoms with van der Waals surface area (Å²) in [5.41, 5.74) is 0. The molecule has 12 heavy (non-hydrogen) atoms. The highest BCUT2D eigenvalue weighted by atomic mass is 14.8. The molecule has 0 bridgehead atoms. The van der Waals surface area contributed by atoms with Crippen LogP contribution < -0.4 is 10.6 Å². The summed E-state index contributed by atoms with van der Waals surface area (Å²) in [4.78, 5) is 0. The lowest BCUT2D eigenvalue weighted by Crippen LogP contribution is -2.17. The van der Waals surface area contributed by atoms with Crippen molar-refractivity contribution < 1.29 is 0 Å². The third kappa shape index (κ3) is 4.97. The monoisotopic (exact) mass is 166 g/mol. The quantitative estimate of drug-likeness (QED) is 0.532. The molecule has 2 heteroatoms.